The van der Waals surface area contributed by atoms with Crippen LogP contribution in [0.25, 0.3) is 0 Å². The van der Waals surface area contributed by atoms with E-state index in [0.29, 0.717) is 32.5 Å². The molecule has 1 fully saturated rings. The van der Waals surface area contributed by atoms with Gasteiger partial charge in [0.25, 0.3) is 0 Å². The number of carbonyl (C=O) groups is 3. The van der Waals surface area contributed by atoms with E-state index in [-0.39, 0.29) is 36.6 Å². The maximum Gasteiger partial charge on any atom is 0.308 e. The molecule has 1 heterocycles. The molecular formula is C13H21NO5. The van der Waals surface area contributed by atoms with Gasteiger partial charge >= 0.3 is 11.9 Å². The highest BCUT2D eigenvalue weighted by Gasteiger charge is 2.27. The van der Waals surface area contributed by atoms with Crippen molar-refractivity contribution in [2.75, 3.05) is 26.8 Å². The standard InChI is InChI=1S/C13H21NO5/c1-3-19-12(16)5-4-11(15)14-8-6-10(7-9-14)13(17)18-2/h10H,3-9H2,1-2H3. The first-order valence-corrected chi connectivity index (χ1v) is 6.59. The molecule has 0 N–H and O–H groups in total. The molecule has 19 heavy (non-hydrogen) atoms. The summed E-state index contributed by atoms with van der Waals surface area (Å²) in [4.78, 5) is 36.0. The number of methoxy groups -OCH3 is 1. The monoisotopic (exact) mass is 271 g/mol. The van der Waals surface area contributed by atoms with E-state index in [9.17, 15) is 14.4 Å². The minimum atomic E-state index is -0.347. The second-order valence-corrected chi connectivity index (χ2v) is 4.48. The van der Waals surface area contributed by atoms with E-state index in [1.54, 1.807) is 11.8 Å². The molecule has 0 aromatic heterocycles. The third kappa shape index (κ3) is 4.89. The van der Waals surface area contributed by atoms with E-state index in [1.807, 2.05) is 0 Å². The fraction of sp³-hybridized carbons (Fsp3) is 0.769. The summed E-state index contributed by atoms with van der Waals surface area (Å²) in [6.45, 7) is 3.15. The quantitative estimate of drug-likeness (QED) is 0.690. The van der Waals surface area contributed by atoms with Crippen LogP contribution in [0.5, 0.6) is 0 Å². The number of carbonyl (C=O) groups excluding carboxylic acids is 3. The molecule has 0 spiro atoms. The Balaban J connectivity index is 2.29. The molecule has 1 aliphatic rings. The van der Waals surface area contributed by atoms with Crippen LogP contribution in [0.2, 0.25) is 0 Å². The normalized spacial score (nSPS) is 16.0. The van der Waals surface area contributed by atoms with E-state index >= 15 is 0 Å². The molecule has 0 aliphatic carbocycles. The molecule has 0 aromatic rings. The first-order chi connectivity index (χ1) is 9.08. The summed E-state index contributed by atoms with van der Waals surface area (Å²) in [5.74, 6) is -0.727. The lowest BCUT2D eigenvalue weighted by atomic mass is 9.97. The van der Waals surface area contributed by atoms with Gasteiger partial charge in [-0.25, -0.2) is 0 Å². The van der Waals surface area contributed by atoms with E-state index in [0.717, 1.165) is 0 Å². The third-order valence-electron chi connectivity index (χ3n) is 3.23. The van der Waals surface area contributed by atoms with Crippen LogP contribution >= 0.6 is 0 Å². The van der Waals surface area contributed by atoms with Crippen LogP contribution in [0.3, 0.4) is 0 Å². The zero-order chi connectivity index (χ0) is 14.3. The Hall–Kier alpha value is -1.59. The van der Waals surface area contributed by atoms with E-state index in [4.69, 9.17) is 4.74 Å². The number of nitrogens with zero attached hydrogens (tertiary/aromatic N) is 1. The van der Waals surface area contributed by atoms with Gasteiger partial charge in [0.05, 0.1) is 26.1 Å². The third-order valence-corrected chi connectivity index (χ3v) is 3.23. The molecule has 6 nitrogen and oxygen atoms in total. The first-order valence-electron chi connectivity index (χ1n) is 6.59. The summed E-state index contributed by atoms with van der Waals surface area (Å²) in [5.41, 5.74) is 0. The molecule has 108 valence electrons. The van der Waals surface area contributed by atoms with E-state index < -0.39 is 0 Å². The van der Waals surface area contributed by atoms with E-state index in [1.165, 1.54) is 7.11 Å². The lowest BCUT2D eigenvalue weighted by Gasteiger charge is -2.30. The molecule has 0 aromatic carbocycles. The van der Waals surface area contributed by atoms with Gasteiger partial charge in [-0.1, -0.05) is 0 Å². The smallest absolute Gasteiger partial charge is 0.308 e. The van der Waals surface area contributed by atoms with Crippen molar-refractivity contribution in [3.05, 3.63) is 0 Å². The van der Waals surface area contributed by atoms with Gasteiger partial charge in [-0.15, -0.1) is 0 Å². The summed E-state index contributed by atoms with van der Waals surface area (Å²) >= 11 is 0. The molecule has 0 radical (unpaired) electrons. The average Bonchev–Trinajstić information content (AvgIpc) is 2.44. The van der Waals surface area contributed by atoms with Crippen LogP contribution in [0.4, 0.5) is 0 Å². The maximum atomic E-state index is 11.9. The van der Waals surface area contributed by atoms with Crippen LogP contribution in [0.15, 0.2) is 0 Å². The SMILES string of the molecule is CCOC(=O)CCC(=O)N1CCC(C(=O)OC)CC1. The maximum absolute atomic E-state index is 11.9. The van der Waals surface area contributed by atoms with Gasteiger partial charge in [-0.2, -0.15) is 0 Å². The number of piperidine rings is 1. The number of amides is 1. The van der Waals surface area contributed by atoms with Crippen molar-refractivity contribution in [1.29, 1.82) is 0 Å². The molecule has 1 aliphatic heterocycles. The molecule has 0 unspecified atom stereocenters. The van der Waals surface area contributed by atoms with Crippen LogP contribution < -0.4 is 0 Å². The molecule has 0 bridgehead atoms. The number of ether oxygens (including phenoxy) is 2. The fourth-order valence-corrected chi connectivity index (χ4v) is 2.13. The number of rotatable bonds is 5. The van der Waals surface area contributed by atoms with Crippen LogP contribution in [0.1, 0.15) is 32.6 Å². The van der Waals surface area contributed by atoms with Crippen molar-refractivity contribution in [1.82, 2.24) is 4.90 Å². The molecule has 0 saturated carbocycles. The van der Waals surface area contributed by atoms with Crippen molar-refractivity contribution in [2.45, 2.75) is 32.6 Å². The Bertz CT molecular complexity index is 334. The molecular weight excluding hydrogens is 250 g/mol. The van der Waals surface area contributed by atoms with Crippen molar-refractivity contribution in [2.24, 2.45) is 5.92 Å². The summed E-state index contributed by atoms with van der Waals surface area (Å²) in [5, 5.41) is 0. The highest BCUT2D eigenvalue weighted by atomic mass is 16.5. The second kappa shape index (κ2) is 7.76. The highest BCUT2D eigenvalue weighted by molar-refractivity contribution is 5.81. The van der Waals surface area contributed by atoms with Crippen molar-refractivity contribution >= 4 is 17.8 Å². The first kappa shape index (κ1) is 15.5. The summed E-state index contributed by atoms with van der Waals surface area (Å²) in [6, 6.07) is 0. The largest absolute Gasteiger partial charge is 0.469 e. The van der Waals surface area contributed by atoms with Gasteiger partial charge in [0, 0.05) is 19.5 Å². The van der Waals surface area contributed by atoms with Crippen LogP contribution in [0, 0.1) is 5.92 Å². The van der Waals surface area contributed by atoms with Crippen molar-refractivity contribution < 1.29 is 23.9 Å². The van der Waals surface area contributed by atoms with Gasteiger partial charge in [0.2, 0.25) is 5.91 Å². The van der Waals surface area contributed by atoms with E-state index in [2.05, 4.69) is 4.74 Å². The molecule has 1 rings (SSSR count). The predicted molar refractivity (Wildman–Crippen MR) is 67.2 cm³/mol. The zero-order valence-electron chi connectivity index (χ0n) is 11.5. The number of hydrogen-bond donors (Lipinski definition) is 0. The Labute approximate surface area is 113 Å². The average molecular weight is 271 g/mol. The predicted octanol–water partition coefficient (Wildman–Crippen LogP) is 0.741. The van der Waals surface area contributed by atoms with Crippen LogP contribution in [-0.2, 0) is 23.9 Å². The highest BCUT2D eigenvalue weighted by Crippen LogP contribution is 2.19. The Kier molecular flexibility index (Phi) is 6.32. The Morgan fingerprint density at radius 1 is 1.16 bits per heavy atom. The molecule has 6 heteroatoms. The van der Waals surface area contributed by atoms with Crippen molar-refractivity contribution in [3.8, 4) is 0 Å². The second-order valence-electron chi connectivity index (χ2n) is 4.48. The molecule has 1 saturated heterocycles. The number of likely N-dealkylation sites (tertiary alicyclic amines) is 1. The summed E-state index contributed by atoms with van der Waals surface area (Å²) in [7, 11) is 1.37. The fourth-order valence-electron chi connectivity index (χ4n) is 2.13. The minimum Gasteiger partial charge on any atom is -0.469 e. The summed E-state index contributed by atoms with van der Waals surface area (Å²) < 4.78 is 9.46. The zero-order valence-corrected chi connectivity index (χ0v) is 11.5. The molecule has 1 amide bonds. The molecule has 0 atom stereocenters. The van der Waals surface area contributed by atoms with Gasteiger partial charge in [-0.3, -0.25) is 14.4 Å². The summed E-state index contributed by atoms with van der Waals surface area (Å²) in [6.07, 6.45) is 1.53. The van der Waals surface area contributed by atoms with Gasteiger partial charge in [-0.05, 0) is 19.8 Å². The number of esters is 2. The minimum absolute atomic E-state index is 0.0589. The van der Waals surface area contributed by atoms with Gasteiger partial charge < -0.3 is 14.4 Å². The Morgan fingerprint density at radius 3 is 2.32 bits per heavy atom. The lowest BCUT2D eigenvalue weighted by Crippen LogP contribution is -2.40. The van der Waals surface area contributed by atoms with Gasteiger partial charge in [0.1, 0.15) is 0 Å². The van der Waals surface area contributed by atoms with Crippen LogP contribution in [-0.4, -0.2) is 49.6 Å². The van der Waals surface area contributed by atoms with Gasteiger partial charge in [0.15, 0.2) is 0 Å². The lowest BCUT2D eigenvalue weighted by molar-refractivity contribution is -0.149. The topological polar surface area (TPSA) is 72.9 Å². The van der Waals surface area contributed by atoms with Crippen molar-refractivity contribution in [3.63, 3.8) is 0 Å². The Morgan fingerprint density at radius 2 is 1.79 bits per heavy atom. The number of hydrogen-bond acceptors (Lipinski definition) is 5.